The fourth-order valence-corrected chi connectivity index (χ4v) is 6.48. The van der Waals surface area contributed by atoms with Crippen LogP contribution in [0.15, 0.2) is 76.5 Å². The summed E-state index contributed by atoms with van der Waals surface area (Å²) < 4.78 is 2.96. The number of para-hydroxylation sites is 3. The molecule has 2 heterocycles. The van der Waals surface area contributed by atoms with Crippen LogP contribution >= 0.6 is 11.8 Å². The summed E-state index contributed by atoms with van der Waals surface area (Å²) in [5.41, 5.74) is 4.07. The predicted octanol–water partition coefficient (Wildman–Crippen LogP) is 3.59. The van der Waals surface area contributed by atoms with Gasteiger partial charge >= 0.3 is 134 Å². The number of benzene rings is 3. The summed E-state index contributed by atoms with van der Waals surface area (Å²) in [5, 5.41) is 0. The maximum absolute atomic E-state index is 2.46. The van der Waals surface area contributed by atoms with Crippen molar-refractivity contribution in [1.82, 2.24) is 0 Å². The van der Waals surface area contributed by atoms with Gasteiger partial charge in [0.15, 0.2) is 0 Å². The average Bonchev–Trinajstić information content (AvgIpc) is 2.54. The zero-order valence-corrected chi connectivity index (χ0v) is 13.6. The molecular formula is C18H11NSSe. The number of fused-ring (bicyclic) bond motifs is 4. The van der Waals surface area contributed by atoms with Gasteiger partial charge in [-0.25, -0.2) is 0 Å². The van der Waals surface area contributed by atoms with Crippen molar-refractivity contribution < 1.29 is 0 Å². The zero-order valence-electron chi connectivity index (χ0n) is 11.1. The molecule has 0 unspecified atom stereocenters. The Morgan fingerprint density at radius 3 is 2.33 bits per heavy atom. The van der Waals surface area contributed by atoms with Gasteiger partial charge in [-0.1, -0.05) is 0 Å². The average molecular weight is 352 g/mol. The van der Waals surface area contributed by atoms with Crippen molar-refractivity contribution in [3.8, 4) is 0 Å². The van der Waals surface area contributed by atoms with E-state index in [-0.39, 0.29) is 0 Å². The Balaban J connectivity index is 1.88. The minimum atomic E-state index is 0.394. The molecule has 0 amide bonds. The molecule has 0 saturated carbocycles. The van der Waals surface area contributed by atoms with Crippen LogP contribution in [0.5, 0.6) is 0 Å². The van der Waals surface area contributed by atoms with E-state index < -0.39 is 0 Å². The molecule has 2 aliphatic heterocycles. The Labute approximate surface area is 134 Å². The van der Waals surface area contributed by atoms with E-state index in [1.807, 2.05) is 11.8 Å². The first kappa shape index (κ1) is 11.9. The Morgan fingerprint density at radius 1 is 0.667 bits per heavy atom. The van der Waals surface area contributed by atoms with Gasteiger partial charge in [-0.15, -0.1) is 0 Å². The molecule has 3 heteroatoms. The molecule has 0 radical (unpaired) electrons. The summed E-state index contributed by atoms with van der Waals surface area (Å²) in [5.74, 6) is 0. The van der Waals surface area contributed by atoms with Crippen LogP contribution in [0.4, 0.5) is 17.1 Å². The Morgan fingerprint density at radius 2 is 1.38 bits per heavy atom. The van der Waals surface area contributed by atoms with Gasteiger partial charge in [0, 0.05) is 0 Å². The summed E-state index contributed by atoms with van der Waals surface area (Å²) in [6.07, 6.45) is 0. The third kappa shape index (κ3) is 1.66. The first-order valence-corrected chi connectivity index (χ1v) is 9.42. The molecular weight excluding hydrogens is 341 g/mol. The number of rotatable bonds is 0. The second kappa shape index (κ2) is 4.41. The predicted molar refractivity (Wildman–Crippen MR) is 90.3 cm³/mol. The molecule has 0 N–H and O–H groups in total. The molecule has 0 spiro atoms. The van der Waals surface area contributed by atoms with Crippen LogP contribution in [0.2, 0.25) is 0 Å². The van der Waals surface area contributed by atoms with Crippen LogP contribution in [-0.2, 0) is 0 Å². The van der Waals surface area contributed by atoms with Crippen LogP contribution in [0.25, 0.3) is 0 Å². The van der Waals surface area contributed by atoms with Gasteiger partial charge in [0.05, 0.1) is 0 Å². The van der Waals surface area contributed by atoms with Gasteiger partial charge < -0.3 is 0 Å². The summed E-state index contributed by atoms with van der Waals surface area (Å²) in [4.78, 5) is 5.17. The minimum absolute atomic E-state index is 0.394. The van der Waals surface area contributed by atoms with Crippen molar-refractivity contribution in [2.24, 2.45) is 0 Å². The van der Waals surface area contributed by atoms with E-state index in [4.69, 9.17) is 0 Å². The van der Waals surface area contributed by atoms with Gasteiger partial charge in [-0.05, 0) is 0 Å². The second-order valence-corrected chi connectivity index (χ2v) is 8.44. The van der Waals surface area contributed by atoms with Crippen LogP contribution in [0.3, 0.4) is 0 Å². The molecule has 5 rings (SSSR count). The van der Waals surface area contributed by atoms with E-state index in [1.165, 1.54) is 35.8 Å². The summed E-state index contributed by atoms with van der Waals surface area (Å²) >= 11 is 2.29. The van der Waals surface area contributed by atoms with Gasteiger partial charge in [0.2, 0.25) is 0 Å². The van der Waals surface area contributed by atoms with Crippen LogP contribution in [0.1, 0.15) is 0 Å². The van der Waals surface area contributed by atoms with Crippen molar-refractivity contribution in [3.63, 3.8) is 0 Å². The summed E-state index contributed by atoms with van der Waals surface area (Å²) in [6.45, 7) is 0. The van der Waals surface area contributed by atoms with E-state index in [0.29, 0.717) is 15.0 Å². The van der Waals surface area contributed by atoms with Crippen molar-refractivity contribution in [2.45, 2.75) is 9.79 Å². The SMILES string of the molecule is c1ccc2c(c1)Sc1cccc3c1N2c1ccccc1[Se]3. The van der Waals surface area contributed by atoms with Crippen molar-refractivity contribution >= 4 is 52.7 Å². The Bertz CT molecular complexity index is 807. The Hall–Kier alpha value is -1.67. The van der Waals surface area contributed by atoms with Crippen LogP contribution < -0.4 is 13.8 Å². The second-order valence-electron chi connectivity index (χ2n) is 5.08. The molecule has 21 heavy (non-hydrogen) atoms. The van der Waals surface area contributed by atoms with Gasteiger partial charge in [0.1, 0.15) is 0 Å². The van der Waals surface area contributed by atoms with Gasteiger partial charge in [-0.2, -0.15) is 0 Å². The third-order valence-electron chi connectivity index (χ3n) is 3.84. The number of hydrogen-bond acceptors (Lipinski definition) is 2. The fraction of sp³-hybridized carbons (Fsp3) is 0. The molecule has 0 atom stereocenters. The molecule has 0 fully saturated rings. The van der Waals surface area contributed by atoms with Crippen molar-refractivity contribution in [3.05, 3.63) is 66.7 Å². The van der Waals surface area contributed by atoms with E-state index in [0.717, 1.165) is 0 Å². The molecule has 3 aromatic rings. The third-order valence-corrected chi connectivity index (χ3v) is 7.29. The van der Waals surface area contributed by atoms with Gasteiger partial charge in [-0.3, -0.25) is 0 Å². The van der Waals surface area contributed by atoms with Crippen LogP contribution in [0, 0.1) is 0 Å². The molecule has 100 valence electrons. The number of nitrogens with zero attached hydrogens (tertiary/aromatic N) is 1. The molecule has 0 aliphatic carbocycles. The number of hydrogen-bond donors (Lipinski definition) is 0. The molecule has 2 aliphatic rings. The molecule has 3 aromatic carbocycles. The molecule has 0 bridgehead atoms. The first-order valence-electron chi connectivity index (χ1n) is 6.89. The Kier molecular flexibility index (Phi) is 2.51. The normalized spacial score (nSPS) is 14.2. The summed E-state index contributed by atoms with van der Waals surface area (Å²) in [6, 6.07) is 24.3. The van der Waals surface area contributed by atoms with Crippen molar-refractivity contribution in [2.75, 3.05) is 4.90 Å². The molecule has 0 aromatic heterocycles. The molecule has 1 nitrogen and oxygen atoms in total. The molecule has 0 saturated heterocycles. The number of anilines is 3. The van der Waals surface area contributed by atoms with E-state index in [2.05, 4.69) is 71.6 Å². The van der Waals surface area contributed by atoms with E-state index >= 15 is 0 Å². The monoisotopic (exact) mass is 353 g/mol. The summed E-state index contributed by atoms with van der Waals surface area (Å²) in [7, 11) is 0. The van der Waals surface area contributed by atoms with Gasteiger partial charge in [0.25, 0.3) is 0 Å². The van der Waals surface area contributed by atoms with E-state index in [1.54, 1.807) is 0 Å². The maximum atomic E-state index is 2.46. The standard InChI is InChI=1S/C18H11NSSe/c1-3-8-14-12(6-1)19-13-7-2-4-10-16(13)21-17-11-5-9-15(20-14)18(17)19/h1-11H. The van der Waals surface area contributed by atoms with Crippen LogP contribution in [-0.4, -0.2) is 15.0 Å². The fourth-order valence-electron chi connectivity index (χ4n) is 2.95. The zero-order chi connectivity index (χ0) is 13.8. The van der Waals surface area contributed by atoms with E-state index in [9.17, 15) is 0 Å². The first-order chi connectivity index (χ1) is 10.4. The van der Waals surface area contributed by atoms with Crippen molar-refractivity contribution in [1.29, 1.82) is 0 Å². The quantitative estimate of drug-likeness (QED) is 0.392. The topological polar surface area (TPSA) is 3.24 Å².